The Morgan fingerprint density at radius 2 is 2.33 bits per heavy atom. The minimum Gasteiger partial charge on any atom is -0.480 e. The normalized spacial score (nSPS) is 12.6. The molecule has 1 unspecified atom stereocenters. The lowest BCUT2D eigenvalue weighted by Gasteiger charge is -2.09. The van der Waals surface area contributed by atoms with Crippen LogP contribution in [0.5, 0.6) is 0 Å². The molecule has 0 aliphatic rings. The van der Waals surface area contributed by atoms with Crippen LogP contribution in [0.15, 0.2) is 12.7 Å². The number of carboxylic acid groups (broad SMARTS) is 1. The minimum absolute atomic E-state index is 0.437. The van der Waals surface area contributed by atoms with Gasteiger partial charge in [-0.15, -0.1) is 0 Å². The van der Waals surface area contributed by atoms with Crippen molar-refractivity contribution in [3.63, 3.8) is 0 Å². The number of hydrogen-bond acceptors (Lipinski definition) is 5. The van der Waals surface area contributed by atoms with Gasteiger partial charge in [0.15, 0.2) is 11.5 Å². The molecule has 2 aromatic rings. The number of anilines is 1. The molecule has 2 aromatic heterocycles. The number of H-pyrrole nitrogens is 1. The van der Waals surface area contributed by atoms with Crippen LogP contribution in [0, 0.1) is 0 Å². The molecule has 1 atom stereocenters. The average molecular weight is 207 g/mol. The Labute approximate surface area is 84.6 Å². The van der Waals surface area contributed by atoms with Gasteiger partial charge in [0, 0.05) is 0 Å². The molecule has 78 valence electrons. The topological polar surface area (TPSA) is 104 Å². The lowest BCUT2D eigenvalue weighted by atomic mass is 10.3. The fraction of sp³-hybridized carbons (Fsp3) is 0.250. The van der Waals surface area contributed by atoms with Crippen molar-refractivity contribution in [1.29, 1.82) is 0 Å². The van der Waals surface area contributed by atoms with Crippen LogP contribution in [0.1, 0.15) is 6.92 Å². The zero-order chi connectivity index (χ0) is 10.8. The smallest absolute Gasteiger partial charge is 0.325 e. The number of imidazole rings is 1. The molecule has 0 radical (unpaired) electrons. The summed E-state index contributed by atoms with van der Waals surface area (Å²) in [6, 6.07) is -0.716. The quantitative estimate of drug-likeness (QED) is 0.665. The molecule has 0 spiro atoms. The second kappa shape index (κ2) is 3.52. The van der Waals surface area contributed by atoms with E-state index in [9.17, 15) is 4.79 Å². The SMILES string of the molecule is CC(Nc1ncnc2nc[nH]c12)C(=O)O. The number of aliphatic carboxylic acids is 1. The third-order valence-corrected chi connectivity index (χ3v) is 1.95. The number of rotatable bonds is 3. The third kappa shape index (κ3) is 1.71. The summed E-state index contributed by atoms with van der Waals surface area (Å²) in [6.45, 7) is 1.53. The molecule has 15 heavy (non-hydrogen) atoms. The van der Waals surface area contributed by atoms with E-state index in [0.717, 1.165) is 0 Å². The number of nitrogens with one attached hydrogen (secondary N) is 2. The number of nitrogens with zero attached hydrogens (tertiary/aromatic N) is 3. The lowest BCUT2D eigenvalue weighted by Crippen LogP contribution is -2.26. The molecule has 0 bridgehead atoms. The highest BCUT2D eigenvalue weighted by atomic mass is 16.4. The van der Waals surface area contributed by atoms with E-state index in [4.69, 9.17) is 5.11 Å². The van der Waals surface area contributed by atoms with Crippen LogP contribution in [0.3, 0.4) is 0 Å². The average Bonchev–Trinajstić information content (AvgIpc) is 2.66. The van der Waals surface area contributed by atoms with Gasteiger partial charge in [0.25, 0.3) is 0 Å². The van der Waals surface area contributed by atoms with Crippen molar-refractivity contribution in [3.05, 3.63) is 12.7 Å². The van der Waals surface area contributed by atoms with E-state index in [1.807, 2.05) is 0 Å². The monoisotopic (exact) mass is 207 g/mol. The van der Waals surface area contributed by atoms with Crippen molar-refractivity contribution < 1.29 is 9.90 Å². The van der Waals surface area contributed by atoms with Crippen molar-refractivity contribution in [2.45, 2.75) is 13.0 Å². The first-order valence-electron chi connectivity index (χ1n) is 4.32. The summed E-state index contributed by atoms with van der Waals surface area (Å²) in [6.07, 6.45) is 2.82. The van der Waals surface area contributed by atoms with Crippen LogP contribution in [-0.2, 0) is 4.79 Å². The summed E-state index contributed by atoms with van der Waals surface area (Å²) in [5.74, 6) is -0.506. The molecule has 7 heteroatoms. The Morgan fingerprint density at radius 3 is 3.07 bits per heavy atom. The summed E-state index contributed by atoms with van der Waals surface area (Å²) in [4.78, 5) is 25.3. The Hall–Kier alpha value is -2.18. The molecule has 0 fully saturated rings. The second-order valence-corrected chi connectivity index (χ2v) is 3.03. The highest BCUT2D eigenvalue weighted by Gasteiger charge is 2.13. The number of aromatic amines is 1. The van der Waals surface area contributed by atoms with Gasteiger partial charge in [0.1, 0.15) is 17.9 Å². The van der Waals surface area contributed by atoms with Crippen LogP contribution >= 0.6 is 0 Å². The first kappa shape index (κ1) is 9.38. The minimum atomic E-state index is -0.943. The Morgan fingerprint density at radius 1 is 1.53 bits per heavy atom. The number of carbonyl (C=O) groups is 1. The number of aromatic nitrogens is 4. The van der Waals surface area contributed by atoms with Crippen LogP contribution in [0.4, 0.5) is 5.82 Å². The molecule has 0 aliphatic carbocycles. The predicted molar refractivity (Wildman–Crippen MR) is 52.4 cm³/mol. The van der Waals surface area contributed by atoms with E-state index in [1.165, 1.54) is 19.6 Å². The molecule has 0 saturated carbocycles. The van der Waals surface area contributed by atoms with Gasteiger partial charge in [-0.2, -0.15) is 0 Å². The molecular formula is C8H9N5O2. The first-order chi connectivity index (χ1) is 7.18. The van der Waals surface area contributed by atoms with E-state index in [2.05, 4.69) is 25.3 Å². The zero-order valence-corrected chi connectivity index (χ0v) is 7.93. The molecule has 2 rings (SSSR count). The summed E-state index contributed by atoms with van der Waals surface area (Å²) in [5.41, 5.74) is 1.11. The maximum absolute atomic E-state index is 10.6. The zero-order valence-electron chi connectivity index (χ0n) is 7.93. The maximum Gasteiger partial charge on any atom is 0.325 e. The lowest BCUT2D eigenvalue weighted by molar-refractivity contribution is -0.137. The summed E-state index contributed by atoms with van der Waals surface area (Å²) >= 11 is 0. The highest BCUT2D eigenvalue weighted by molar-refractivity contribution is 5.85. The fourth-order valence-electron chi connectivity index (χ4n) is 1.14. The fourth-order valence-corrected chi connectivity index (χ4v) is 1.14. The Bertz CT molecular complexity index is 494. The Kier molecular flexibility index (Phi) is 2.20. The number of carboxylic acids is 1. The molecular weight excluding hydrogens is 198 g/mol. The molecule has 0 saturated heterocycles. The summed E-state index contributed by atoms with van der Waals surface area (Å²) in [7, 11) is 0. The molecule has 3 N–H and O–H groups in total. The summed E-state index contributed by atoms with van der Waals surface area (Å²) < 4.78 is 0. The predicted octanol–water partition coefficient (Wildman–Crippen LogP) is 0.238. The van der Waals surface area contributed by atoms with Crippen LogP contribution in [0.2, 0.25) is 0 Å². The van der Waals surface area contributed by atoms with Gasteiger partial charge in [0.05, 0.1) is 6.33 Å². The standard InChI is InChI=1S/C8H9N5O2/c1-4(8(14)15)13-7-5-6(10-2-9-5)11-3-12-7/h2-4H,1H3,(H,14,15)(H2,9,10,11,12,13). The van der Waals surface area contributed by atoms with Gasteiger partial charge in [-0.05, 0) is 6.92 Å². The van der Waals surface area contributed by atoms with E-state index in [1.54, 1.807) is 0 Å². The largest absolute Gasteiger partial charge is 0.480 e. The molecule has 7 nitrogen and oxygen atoms in total. The van der Waals surface area contributed by atoms with E-state index in [0.29, 0.717) is 17.0 Å². The molecule has 0 amide bonds. The van der Waals surface area contributed by atoms with Crippen molar-refractivity contribution >= 4 is 23.0 Å². The van der Waals surface area contributed by atoms with Gasteiger partial charge in [-0.1, -0.05) is 0 Å². The van der Waals surface area contributed by atoms with Crippen LogP contribution in [-0.4, -0.2) is 37.1 Å². The van der Waals surface area contributed by atoms with Gasteiger partial charge in [0.2, 0.25) is 0 Å². The van der Waals surface area contributed by atoms with E-state index < -0.39 is 12.0 Å². The van der Waals surface area contributed by atoms with Gasteiger partial charge >= 0.3 is 5.97 Å². The number of hydrogen-bond donors (Lipinski definition) is 3. The van der Waals surface area contributed by atoms with Crippen molar-refractivity contribution in [2.75, 3.05) is 5.32 Å². The van der Waals surface area contributed by atoms with Gasteiger partial charge in [-0.3, -0.25) is 4.79 Å². The van der Waals surface area contributed by atoms with E-state index in [-0.39, 0.29) is 0 Å². The van der Waals surface area contributed by atoms with Crippen molar-refractivity contribution in [1.82, 2.24) is 19.9 Å². The second-order valence-electron chi connectivity index (χ2n) is 3.03. The van der Waals surface area contributed by atoms with Crippen molar-refractivity contribution in [2.24, 2.45) is 0 Å². The number of fused-ring (bicyclic) bond motifs is 1. The van der Waals surface area contributed by atoms with Gasteiger partial charge < -0.3 is 15.4 Å². The van der Waals surface area contributed by atoms with Crippen LogP contribution < -0.4 is 5.32 Å². The maximum atomic E-state index is 10.6. The van der Waals surface area contributed by atoms with Gasteiger partial charge in [-0.25, -0.2) is 15.0 Å². The molecule has 2 heterocycles. The highest BCUT2D eigenvalue weighted by Crippen LogP contribution is 2.14. The van der Waals surface area contributed by atoms with E-state index >= 15 is 0 Å². The Balaban J connectivity index is 2.35. The summed E-state index contributed by atoms with van der Waals surface area (Å²) in [5, 5.41) is 11.5. The first-order valence-corrected chi connectivity index (χ1v) is 4.32. The van der Waals surface area contributed by atoms with Crippen molar-refractivity contribution in [3.8, 4) is 0 Å². The third-order valence-electron chi connectivity index (χ3n) is 1.95. The van der Waals surface area contributed by atoms with Crippen LogP contribution in [0.25, 0.3) is 11.2 Å². The molecule has 0 aliphatic heterocycles. The molecule has 0 aromatic carbocycles.